The summed E-state index contributed by atoms with van der Waals surface area (Å²) in [6.07, 6.45) is 2.42. The molecule has 0 aliphatic carbocycles. The lowest BCUT2D eigenvalue weighted by Crippen LogP contribution is -2.30. The van der Waals surface area contributed by atoms with Crippen LogP contribution in [-0.2, 0) is 6.42 Å². The SMILES string of the molecule is O=C(c1ccc2oc(Cc3ccccc3)nc2c1)N1CCC[C@@H]1c1ccc(F)cc1. The first-order valence-electron chi connectivity index (χ1n) is 10.2. The summed E-state index contributed by atoms with van der Waals surface area (Å²) in [4.78, 5) is 19.7. The molecule has 1 aliphatic rings. The summed E-state index contributed by atoms with van der Waals surface area (Å²) in [5.41, 5.74) is 4.05. The molecule has 1 fully saturated rings. The number of aromatic nitrogens is 1. The summed E-state index contributed by atoms with van der Waals surface area (Å²) < 4.78 is 19.1. The van der Waals surface area contributed by atoms with Gasteiger partial charge in [0.1, 0.15) is 11.3 Å². The van der Waals surface area contributed by atoms with Gasteiger partial charge in [-0.15, -0.1) is 0 Å². The average Bonchev–Trinajstić information content (AvgIpc) is 3.40. The van der Waals surface area contributed by atoms with Crippen molar-refractivity contribution in [3.05, 3.63) is 101 Å². The highest BCUT2D eigenvalue weighted by molar-refractivity contribution is 5.97. The average molecular weight is 400 g/mol. The van der Waals surface area contributed by atoms with Crippen LogP contribution < -0.4 is 0 Å². The van der Waals surface area contributed by atoms with E-state index in [1.54, 1.807) is 24.3 Å². The number of carbonyl (C=O) groups is 1. The van der Waals surface area contributed by atoms with Gasteiger partial charge in [0.15, 0.2) is 11.5 Å². The zero-order valence-corrected chi connectivity index (χ0v) is 16.4. The van der Waals surface area contributed by atoms with Crippen molar-refractivity contribution in [3.63, 3.8) is 0 Å². The van der Waals surface area contributed by atoms with Crippen molar-refractivity contribution in [2.75, 3.05) is 6.54 Å². The van der Waals surface area contributed by atoms with Gasteiger partial charge in [0.2, 0.25) is 0 Å². The number of nitrogens with zero attached hydrogens (tertiary/aromatic N) is 2. The number of rotatable bonds is 4. The Balaban J connectivity index is 1.39. The number of fused-ring (bicyclic) bond motifs is 1. The van der Waals surface area contributed by atoms with Crippen LogP contribution in [0.5, 0.6) is 0 Å². The Bertz CT molecular complexity index is 1180. The molecule has 5 heteroatoms. The lowest BCUT2D eigenvalue weighted by Gasteiger charge is -2.25. The van der Waals surface area contributed by atoms with E-state index in [-0.39, 0.29) is 17.8 Å². The normalized spacial score (nSPS) is 16.3. The van der Waals surface area contributed by atoms with E-state index in [4.69, 9.17) is 4.42 Å². The summed E-state index contributed by atoms with van der Waals surface area (Å²) in [6.45, 7) is 0.691. The van der Waals surface area contributed by atoms with Crippen LogP contribution >= 0.6 is 0 Å². The van der Waals surface area contributed by atoms with Crippen LogP contribution in [0.25, 0.3) is 11.1 Å². The highest BCUT2D eigenvalue weighted by atomic mass is 19.1. The van der Waals surface area contributed by atoms with Crippen molar-refractivity contribution < 1.29 is 13.6 Å². The Labute approximate surface area is 174 Å². The van der Waals surface area contributed by atoms with Crippen LogP contribution in [-0.4, -0.2) is 22.3 Å². The third kappa shape index (κ3) is 3.59. The molecule has 150 valence electrons. The molecule has 1 aliphatic heterocycles. The number of carbonyl (C=O) groups excluding carboxylic acids is 1. The number of hydrogen-bond donors (Lipinski definition) is 0. The standard InChI is InChI=1S/C25H21FN2O2/c26-20-11-8-18(9-12-20)22-7-4-14-28(22)25(29)19-10-13-23-21(16-19)27-24(30-23)15-17-5-2-1-3-6-17/h1-3,5-6,8-13,16,22H,4,7,14-15H2/t22-/m1/s1. The van der Waals surface area contributed by atoms with Crippen molar-refractivity contribution in [2.24, 2.45) is 0 Å². The molecule has 4 aromatic rings. The molecule has 2 heterocycles. The largest absolute Gasteiger partial charge is 0.440 e. The molecule has 5 rings (SSSR count). The molecule has 0 N–H and O–H groups in total. The van der Waals surface area contributed by atoms with E-state index in [0.717, 1.165) is 24.0 Å². The first-order valence-corrected chi connectivity index (χ1v) is 10.2. The Morgan fingerprint density at radius 1 is 1.07 bits per heavy atom. The molecule has 0 bridgehead atoms. The molecule has 1 saturated heterocycles. The van der Waals surface area contributed by atoms with E-state index in [0.29, 0.717) is 35.5 Å². The third-order valence-corrected chi connectivity index (χ3v) is 5.65. The molecule has 1 aromatic heterocycles. The van der Waals surface area contributed by atoms with Crippen LogP contribution in [0.3, 0.4) is 0 Å². The summed E-state index contributed by atoms with van der Waals surface area (Å²) in [7, 11) is 0. The third-order valence-electron chi connectivity index (χ3n) is 5.65. The quantitative estimate of drug-likeness (QED) is 0.452. The van der Waals surface area contributed by atoms with Crippen LogP contribution in [0.15, 0.2) is 77.2 Å². The number of hydrogen-bond acceptors (Lipinski definition) is 3. The molecule has 0 saturated carbocycles. The maximum Gasteiger partial charge on any atom is 0.254 e. The summed E-state index contributed by atoms with van der Waals surface area (Å²) in [6, 6.07) is 21.8. The zero-order chi connectivity index (χ0) is 20.5. The first-order chi connectivity index (χ1) is 14.7. The van der Waals surface area contributed by atoms with Gasteiger partial charge in [0, 0.05) is 18.5 Å². The Morgan fingerprint density at radius 3 is 2.67 bits per heavy atom. The summed E-state index contributed by atoms with van der Waals surface area (Å²) in [5, 5.41) is 0. The molecule has 0 radical (unpaired) electrons. The second-order valence-electron chi connectivity index (χ2n) is 7.66. The monoisotopic (exact) mass is 400 g/mol. The van der Waals surface area contributed by atoms with Gasteiger partial charge in [0.05, 0.1) is 6.04 Å². The van der Waals surface area contributed by atoms with E-state index in [1.807, 2.05) is 41.3 Å². The topological polar surface area (TPSA) is 46.3 Å². The first kappa shape index (κ1) is 18.6. The summed E-state index contributed by atoms with van der Waals surface area (Å²) >= 11 is 0. The minimum absolute atomic E-state index is 0.0280. The van der Waals surface area contributed by atoms with Gasteiger partial charge in [-0.2, -0.15) is 0 Å². The van der Waals surface area contributed by atoms with E-state index < -0.39 is 0 Å². The number of likely N-dealkylation sites (tertiary alicyclic amines) is 1. The fourth-order valence-electron chi connectivity index (χ4n) is 4.16. The molecular weight excluding hydrogens is 379 g/mol. The Hall–Kier alpha value is -3.47. The molecule has 0 unspecified atom stereocenters. The van der Waals surface area contributed by atoms with E-state index >= 15 is 0 Å². The zero-order valence-electron chi connectivity index (χ0n) is 16.4. The predicted octanol–water partition coefficient (Wildman–Crippen LogP) is 5.54. The van der Waals surface area contributed by atoms with Gasteiger partial charge in [-0.25, -0.2) is 9.37 Å². The smallest absolute Gasteiger partial charge is 0.254 e. The van der Waals surface area contributed by atoms with Gasteiger partial charge in [-0.1, -0.05) is 42.5 Å². The lowest BCUT2D eigenvalue weighted by atomic mass is 10.0. The van der Waals surface area contributed by atoms with Crippen molar-refractivity contribution in [2.45, 2.75) is 25.3 Å². The van der Waals surface area contributed by atoms with Gasteiger partial charge in [0.25, 0.3) is 5.91 Å². The Morgan fingerprint density at radius 2 is 1.87 bits per heavy atom. The fraction of sp³-hybridized carbons (Fsp3) is 0.200. The predicted molar refractivity (Wildman–Crippen MR) is 113 cm³/mol. The van der Waals surface area contributed by atoms with Gasteiger partial charge in [-0.3, -0.25) is 4.79 Å². The molecular formula is C25H21FN2O2. The second kappa shape index (κ2) is 7.75. The number of halogens is 1. The highest BCUT2D eigenvalue weighted by Crippen LogP contribution is 2.33. The maximum absolute atomic E-state index is 13.3. The minimum Gasteiger partial charge on any atom is -0.440 e. The number of benzene rings is 3. The van der Waals surface area contributed by atoms with Crippen molar-refractivity contribution in [3.8, 4) is 0 Å². The second-order valence-corrected chi connectivity index (χ2v) is 7.66. The van der Waals surface area contributed by atoms with Gasteiger partial charge >= 0.3 is 0 Å². The van der Waals surface area contributed by atoms with Crippen molar-refractivity contribution in [1.29, 1.82) is 0 Å². The van der Waals surface area contributed by atoms with Gasteiger partial charge in [-0.05, 0) is 54.3 Å². The minimum atomic E-state index is -0.266. The van der Waals surface area contributed by atoms with Crippen LogP contribution in [0.2, 0.25) is 0 Å². The molecule has 30 heavy (non-hydrogen) atoms. The van der Waals surface area contributed by atoms with Crippen LogP contribution in [0.4, 0.5) is 4.39 Å². The van der Waals surface area contributed by atoms with Crippen LogP contribution in [0.1, 0.15) is 46.3 Å². The fourth-order valence-corrected chi connectivity index (χ4v) is 4.16. The Kier molecular flexibility index (Phi) is 4.79. The van der Waals surface area contributed by atoms with E-state index in [2.05, 4.69) is 4.98 Å². The number of amides is 1. The molecule has 3 aromatic carbocycles. The highest BCUT2D eigenvalue weighted by Gasteiger charge is 2.30. The van der Waals surface area contributed by atoms with E-state index in [9.17, 15) is 9.18 Å². The molecule has 1 atom stereocenters. The molecule has 1 amide bonds. The van der Waals surface area contributed by atoms with Gasteiger partial charge < -0.3 is 9.32 Å². The lowest BCUT2D eigenvalue weighted by molar-refractivity contribution is 0.0736. The van der Waals surface area contributed by atoms with E-state index in [1.165, 1.54) is 12.1 Å². The van der Waals surface area contributed by atoms with Crippen molar-refractivity contribution in [1.82, 2.24) is 9.88 Å². The molecule has 0 spiro atoms. The number of oxazole rings is 1. The summed E-state index contributed by atoms with van der Waals surface area (Å²) in [5.74, 6) is 0.333. The molecule has 4 nitrogen and oxygen atoms in total. The van der Waals surface area contributed by atoms with Crippen LogP contribution in [0, 0.1) is 5.82 Å². The van der Waals surface area contributed by atoms with Crippen molar-refractivity contribution >= 4 is 17.0 Å². The maximum atomic E-state index is 13.3.